The molecule has 0 aliphatic heterocycles. The number of carbonyl (C=O) groups is 2. The van der Waals surface area contributed by atoms with Gasteiger partial charge < -0.3 is 15.0 Å². The standard InChI is InChI=1S/C24H30Cl2N2O3/c1-6-17(4)27-24(30)18(5)28(13-19-7-9-20(25)10-8-19)22(29)14-31-21-11-15(2)23(26)16(3)12-21/h7-12,17-18H,6,13-14H2,1-5H3,(H,27,30)/t17-,18-/m1/s1. The predicted octanol–water partition coefficient (Wildman–Crippen LogP) is 5.32. The van der Waals surface area contributed by atoms with Crippen LogP contribution in [0.25, 0.3) is 0 Å². The Balaban J connectivity index is 2.18. The topological polar surface area (TPSA) is 58.6 Å². The molecular weight excluding hydrogens is 435 g/mol. The van der Waals surface area contributed by atoms with Gasteiger partial charge in [-0.25, -0.2) is 0 Å². The molecule has 0 aliphatic carbocycles. The first-order valence-corrected chi connectivity index (χ1v) is 11.1. The highest BCUT2D eigenvalue weighted by Crippen LogP contribution is 2.26. The first-order valence-electron chi connectivity index (χ1n) is 10.4. The van der Waals surface area contributed by atoms with Crippen molar-refractivity contribution in [1.29, 1.82) is 0 Å². The van der Waals surface area contributed by atoms with Crippen molar-refractivity contribution >= 4 is 35.0 Å². The maximum absolute atomic E-state index is 13.1. The number of aryl methyl sites for hydroxylation is 2. The molecule has 2 amide bonds. The van der Waals surface area contributed by atoms with E-state index in [9.17, 15) is 9.59 Å². The summed E-state index contributed by atoms with van der Waals surface area (Å²) in [5, 5.41) is 4.24. The van der Waals surface area contributed by atoms with Gasteiger partial charge in [0.05, 0.1) is 0 Å². The van der Waals surface area contributed by atoms with Crippen molar-refractivity contribution in [1.82, 2.24) is 10.2 Å². The van der Waals surface area contributed by atoms with Crippen LogP contribution in [0, 0.1) is 13.8 Å². The minimum absolute atomic E-state index is 0.0266. The van der Waals surface area contributed by atoms with Crippen LogP contribution in [-0.4, -0.2) is 35.4 Å². The van der Waals surface area contributed by atoms with Crippen LogP contribution in [0.2, 0.25) is 10.0 Å². The number of nitrogens with one attached hydrogen (secondary N) is 1. The SMILES string of the molecule is CC[C@@H](C)NC(=O)[C@@H](C)N(Cc1ccc(Cl)cc1)C(=O)COc1cc(C)c(Cl)c(C)c1. The van der Waals surface area contributed by atoms with E-state index in [0.717, 1.165) is 23.1 Å². The van der Waals surface area contributed by atoms with Gasteiger partial charge in [-0.05, 0) is 75.1 Å². The van der Waals surface area contributed by atoms with E-state index in [1.54, 1.807) is 31.2 Å². The van der Waals surface area contributed by atoms with Gasteiger partial charge in [0.2, 0.25) is 5.91 Å². The Morgan fingerprint density at radius 1 is 1.06 bits per heavy atom. The van der Waals surface area contributed by atoms with Crippen molar-refractivity contribution in [2.45, 2.75) is 59.7 Å². The number of hydrogen-bond acceptors (Lipinski definition) is 3. The Hall–Kier alpha value is -2.24. The molecule has 2 atom stereocenters. The molecule has 0 unspecified atom stereocenters. The molecule has 1 N–H and O–H groups in total. The normalized spacial score (nSPS) is 12.7. The number of amides is 2. The van der Waals surface area contributed by atoms with Crippen LogP contribution in [0.1, 0.15) is 43.9 Å². The number of benzene rings is 2. The minimum Gasteiger partial charge on any atom is -0.484 e. The third-order valence-electron chi connectivity index (χ3n) is 5.21. The molecule has 31 heavy (non-hydrogen) atoms. The van der Waals surface area contributed by atoms with Crippen molar-refractivity contribution in [2.24, 2.45) is 0 Å². The van der Waals surface area contributed by atoms with Crippen molar-refractivity contribution in [2.75, 3.05) is 6.61 Å². The van der Waals surface area contributed by atoms with E-state index in [1.807, 2.05) is 39.8 Å². The summed E-state index contributed by atoms with van der Waals surface area (Å²) in [7, 11) is 0. The van der Waals surface area contributed by atoms with E-state index in [-0.39, 0.29) is 31.0 Å². The van der Waals surface area contributed by atoms with E-state index in [2.05, 4.69) is 5.32 Å². The third kappa shape index (κ3) is 7.15. The second kappa shape index (κ2) is 11.4. The zero-order valence-electron chi connectivity index (χ0n) is 18.7. The third-order valence-corrected chi connectivity index (χ3v) is 6.05. The minimum atomic E-state index is -0.658. The fourth-order valence-corrected chi connectivity index (χ4v) is 3.29. The van der Waals surface area contributed by atoms with Crippen LogP contribution in [0.5, 0.6) is 5.75 Å². The van der Waals surface area contributed by atoms with Gasteiger partial charge in [0.15, 0.2) is 6.61 Å². The molecular formula is C24H30Cl2N2O3. The van der Waals surface area contributed by atoms with Crippen molar-refractivity contribution < 1.29 is 14.3 Å². The molecule has 0 bridgehead atoms. The lowest BCUT2D eigenvalue weighted by Gasteiger charge is -2.29. The van der Waals surface area contributed by atoms with E-state index in [0.29, 0.717) is 15.8 Å². The fourth-order valence-electron chi connectivity index (χ4n) is 3.05. The quantitative estimate of drug-likeness (QED) is 0.545. The number of carbonyl (C=O) groups excluding carboxylic acids is 2. The summed E-state index contributed by atoms with van der Waals surface area (Å²) in [5.74, 6) is 0.0813. The smallest absolute Gasteiger partial charge is 0.261 e. The fraction of sp³-hybridized carbons (Fsp3) is 0.417. The number of ether oxygens (including phenoxy) is 1. The van der Waals surface area contributed by atoms with Gasteiger partial charge in [-0.3, -0.25) is 9.59 Å². The van der Waals surface area contributed by atoms with Gasteiger partial charge in [0.1, 0.15) is 11.8 Å². The highest BCUT2D eigenvalue weighted by molar-refractivity contribution is 6.32. The highest BCUT2D eigenvalue weighted by Gasteiger charge is 2.27. The number of halogens is 2. The highest BCUT2D eigenvalue weighted by atomic mass is 35.5. The molecule has 0 spiro atoms. The van der Waals surface area contributed by atoms with Gasteiger partial charge in [0.25, 0.3) is 5.91 Å². The van der Waals surface area contributed by atoms with Gasteiger partial charge in [-0.15, -0.1) is 0 Å². The molecule has 7 heteroatoms. The van der Waals surface area contributed by atoms with Crippen LogP contribution in [0.4, 0.5) is 0 Å². The first-order chi connectivity index (χ1) is 14.6. The number of hydrogen-bond donors (Lipinski definition) is 1. The van der Waals surface area contributed by atoms with E-state index < -0.39 is 6.04 Å². The summed E-state index contributed by atoms with van der Waals surface area (Å²) in [6.45, 7) is 9.51. The molecule has 2 aromatic rings. The summed E-state index contributed by atoms with van der Waals surface area (Å²) < 4.78 is 5.75. The average molecular weight is 465 g/mol. The predicted molar refractivity (Wildman–Crippen MR) is 126 cm³/mol. The monoisotopic (exact) mass is 464 g/mol. The lowest BCUT2D eigenvalue weighted by Crippen LogP contribution is -2.50. The summed E-state index contributed by atoms with van der Waals surface area (Å²) in [4.78, 5) is 27.3. The summed E-state index contributed by atoms with van der Waals surface area (Å²) in [6, 6.07) is 10.2. The van der Waals surface area contributed by atoms with Gasteiger partial charge >= 0.3 is 0 Å². The van der Waals surface area contributed by atoms with Crippen molar-refractivity contribution in [3.63, 3.8) is 0 Å². The van der Waals surface area contributed by atoms with E-state index in [1.165, 1.54) is 4.90 Å². The molecule has 5 nitrogen and oxygen atoms in total. The molecule has 0 saturated heterocycles. The van der Waals surface area contributed by atoms with E-state index >= 15 is 0 Å². The van der Waals surface area contributed by atoms with E-state index in [4.69, 9.17) is 27.9 Å². The van der Waals surface area contributed by atoms with Crippen LogP contribution in [-0.2, 0) is 16.1 Å². The first kappa shape index (κ1) is 25.0. The summed E-state index contributed by atoms with van der Waals surface area (Å²) in [5.41, 5.74) is 2.63. The Bertz CT molecular complexity index is 893. The molecule has 0 aromatic heterocycles. The Kier molecular flexibility index (Phi) is 9.20. The molecule has 0 radical (unpaired) electrons. The zero-order chi connectivity index (χ0) is 23.1. The molecule has 168 valence electrons. The number of rotatable bonds is 9. The van der Waals surface area contributed by atoms with Crippen LogP contribution in [0.3, 0.4) is 0 Å². The Labute approximate surface area is 194 Å². The maximum atomic E-state index is 13.1. The summed E-state index contributed by atoms with van der Waals surface area (Å²) >= 11 is 12.2. The summed E-state index contributed by atoms with van der Waals surface area (Å²) in [6.07, 6.45) is 0.808. The molecule has 0 aliphatic rings. The van der Waals surface area contributed by atoms with Gasteiger partial charge in [0, 0.05) is 22.6 Å². The second-order valence-corrected chi connectivity index (χ2v) is 8.62. The maximum Gasteiger partial charge on any atom is 0.261 e. The molecule has 0 heterocycles. The lowest BCUT2D eigenvalue weighted by molar-refractivity contribution is -0.142. The van der Waals surface area contributed by atoms with Crippen LogP contribution in [0.15, 0.2) is 36.4 Å². The largest absolute Gasteiger partial charge is 0.484 e. The second-order valence-electron chi connectivity index (χ2n) is 7.80. The molecule has 2 rings (SSSR count). The molecule has 0 fully saturated rings. The average Bonchev–Trinajstić information content (AvgIpc) is 2.74. The number of nitrogens with zero attached hydrogens (tertiary/aromatic N) is 1. The van der Waals surface area contributed by atoms with Gasteiger partial charge in [-0.1, -0.05) is 42.3 Å². The Morgan fingerprint density at radius 2 is 1.65 bits per heavy atom. The Morgan fingerprint density at radius 3 is 2.19 bits per heavy atom. The molecule has 0 saturated carbocycles. The van der Waals surface area contributed by atoms with Crippen molar-refractivity contribution in [3.8, 4) is 5.75 Å². The van der Waals surface area contributed by atoms with Gasteiger partial charge in [-0.2, -0.15) is 0 Å². The molecule has 2 aromatic carbocycles. The zero-order valence-corrected chi connectivity index (χ0v) is 20.2. The lowest BCUT2D eigenvalue weighted by atomic mass is 10.1. The van der Waals surface area contributed by atoms with Crippen LogP contribution >= 0.6 is 23.2 Å². The van der Waals surface area contributed by atoms with Crippen molar-refractivity contribution in [3.05, 3.63) is 63.1 Å². The van der Waals surface area contributed by atoms with Crippen LogP contribution < -0.4 is 10.1 Å².